The highest BCUT2D eigenvalue weighted by atomic mass is 35.5. The van der Waals surface area contributed by atoms with Crippen LogP contribution in [0.1, 0.15) is 30.4 Å². The molecule has 0 bridgehead atoms. The molecule has 3 rings (SSSR count). The van der Waals surface area contributed by atoms with Gasteiger partial charge in [0.25, 0.3) is 0 Å². The SMILES string of the molecule is CN(C)C1(CNC2Cc3ccc(Cl)cc3C2)CCC1. The molecule has 0 spiro atoms. The summed E-state index contributed by atoms with van der Waals surface area (Å²) in [6, 6.07) is 6.91. The van der Waals surface area contributed by atoms with Crippen molar-refractivity contribution in [3.05, 3.63) is 34.3 Å². The van der Waals surface area contributed by atoms with E-state index in [4.69, 9.17) is 11.6 Å². The zero-order valence-corrected chi connectivity index (χ0v) is 12.6. The number of nitrogens with one attached hydrogen (secondary N) is 1. The maximum Gasteiger partial charge on any atom is 0.0408 e. The molecule has 0 heterocycles. The molecule has 0 aromatic heterocycles. The van der Waals surface area contributed by atoms with Gasteiger partial charge in [-0.25, -0.2) is 0 Å². The molecule has 1 aromatic rings. The third-order valence-corrected chi connectivity index (χ3v) is 5.29. The quantitative estimate of drug-likeness (QED) is 0.911. The highest BCUT2D eigenvalue weighted by Crippen LogP contribution is 2.36. The average molecular weight is 279 g/mol. The number of fused-ring (bicyclic) bond motifs is 1. The van der Waals surface area contributed by atoms with Gasteiger partial charge in [0.15, 0.2) is 0 Å². The lowest BCUT2D eigenvalue weighted by molar-refractivity contribution is 0.0574. The fourth-order valence-electron chi connectivity index (χ4n) is 3.43. The van der Waals surface area contributed by atoms with Crippen molar-refractivity contribution in [3.63, 3.8) is 0 Å². The standard InChI is InChI=1S/C16H23ClN2/c1-19(2)16(6-3-7-16)11-18-15-9-12-4-5-14(17)8-13(12)10-15/h4-5,8,15,18H,3,6-7,9-11H2,1-2H3. The van der Waals surface area contributed by atoms with Crippen molar-refractivity contribution in [1.29, 1.82) is 0 Å². The molecule has 1 unspecified atom stereocenters. The van der Waals surface area contributed by atoms with Crippen LogP contribution in [0.2, 0.25) is 5.02 Å². The Balaban J connectivity index is 1.59. The monoisotopic (exact) mass is 278 g/mol. The van der Waals surface area contributed by atoms with Crippen molar-refractivity contribution in [2.24, 2.45) is 0 Å². The topological polar surface area (TPSA) is 15.3 Å². The predicted octanol–water partition coefficient (Wildman–Crippen LogP) is 2.88. The molecule has 1 aromatic carbocycles. The van der Waals surface area contributed by atoms with Gasteiger partial charge in [0.05, 0.1) is 0 Å². The third kappa shape index (κ3) is 2.54. The first-order valence-corrected chi connectivity index (χ1v) is 7.65. The van der Waals surface area contributed by atoms with Crippen molar-refractivity contribution in [3.8, 4) is 0 Å². The molecule has 0 aliphatic heterocycles. The zero-order chi connectivity index (χ0) is 13.5. The Bertz CT molecular complexity index is 466. The maximum absolute atomic E-state index is 6.07. The molecule has 0 amide bonds. The second-order valence-corrected chi connectivity index (χ2v) is 6.81. The molecule has 2 aliphatic rings. The summed E-state index contributed by atoms with van der Waals surface area (Å²) < 4.78 is 0. The molecule has 2 aliphatic carbocycles. The average Bonchev–Trinajstić information content (AvgIpc) is 2.68. The van der Waals surface area contributed by atoms with E-state index in [-0.39, 0.29) is 0 Å². The van der Waals surface area contributed by atoms with Crippen LogP contribution in [0.5, 0.6) is 0 Å². The van der Waals surface area contributed by atoms with Gasteiger partial charge in [0.2, 0.25) is 0 Å². The highest BCUT2D eigenvalue weighted by molar-refractivity contribution is 6.30. The van der Waals surface area contributed by atoms with E-state index in [2.05, 4.69) is 36.4 Å². The van der Waals surface area contributed by atoms with Crippen molar-refractivity contribution < 1.29 is 0 Å². The van der Waals surface area contributed by atoms with Crippen LogP contribution in [0.15, 0.2) is 18.2 Å². The van der Waals surface area contributed by atoms with Gasteiger partial charge in [-0.15, -0.1) is 0 Å². The zero-order valence-electron chi connectivity index (χ0n) is 11.9. The van der Waals surface area contributed by atoms with E-state index < -0.39 is 0 Å². The second-order valence-electron chi connectivity index (χ2n) is 6.37. The fraction of sp³-hybridized carbons (Fsp3) is 0.625. The molecular formula is C16H23ClN2. The Labute approximate surface area is 121 Å². The van der Waals surface area contributed by atoms with Crippen LogP contribution in [0.4, 0.5) is 0 Å². The normalized spacial score (nSPS) is 24.3. The lowest BCUT2D eigenvalue weighted by Gasteiger charge is -2.48. The van der Waals surface area contributed by atoms with Crippen molar-refractivity contribution in [2.45, 2.75) is 43.7 Å². The number of benzene rings is 1. The predicted molar refractivity (Wildman–Crippen MR) is 80.9 cm³/mol. The molecular weight excluding hydrogens is 256 g/mol. The summed E-state index contributed by atoms with van der Waals surface area (Å²) in [7, 11) is 4.42. The number of nitrogens with zero attached hydrogens (tertiary/aromatic N) is 1. The second kappa shape index (κ2) is 5.08. The number of hydrogen-bond acceptors (Lipinski definition) is 2. The number of halogens is 1. The van der Waals surface area contributed by atoms with Crippen LogP contribution in [-0.4, -0.2) is 37.1 Å². The van der Waals surface area contributed by atoms with Crippen LogP contribution < -0.4 is 5.32 Å². The Morgan fingerprint density at radius 1 is 1.26 bits per heavy atom. The third-order valence-electron chi connectivity index (χ3n) is 5.05. The van der Waals surface area contributed by atoms with Crippen molar-refractivity contribution in [1.82, 2.24) is 10.2 Å². The molecule has 1 N–H and O–H groups in total. The first-order chi connectivity index (χ1) is 9.09. The van der Waals surface area contributed by atoms with E-state index in [1.165, 1.54) is 30.4 Å². The van der Waals surface area contributed by atoms with Crippen molar-refractivity contribution in [2.75, 3.05) is 20.6 Å². The molecule has 1 fully saturated rings. The van der Waals surface area contributed by atoms with Gasteiger partial charge in [-0.1, -0.05) is 17.7 Å². The highest BCUT2D eigenvalue weighted by Gasteiger charge is 2.39. The summed E-state index contributed by atoms with van der Waals surface area (Å²) in [4.78, 5) is 2.41. The van der Waals surface area contributed by atoms with Crippen LogP contribution in [-0.2, 0) is 12.8 Å². The minimum atomic E-state index is 0.409. The van der Waals surface area contributed by atoms with Gasteiger partial charge in [0, 0.05) is 23.1 Å². The minimum absolute atomic E-state index is 0.409. The molecule has 2 nitrogen and oxygen atoms in total. The fourth-order valence-corrected chi connectivity index (χ4v) is 3.63. The maximum atomic E-state index is 6.07. The summed E-state index contributed by atoms with van der Waals surface area (Å²) in [5.41, 5.74) is 3.30. The van der Waals surface area contributed by atoms with Crippen molar-refractivity contribution >= 4 is 11.6 Å². The van der Waals surface area contributed by atoms with Crippen LogP contribution in [0, 0.1) is 0 Å². The summed E-state index contributed by atoms with van der Waals surface area (Å²) >= 11 is 6.07. The first kappa shape index (κ1) is 13.4. The van der Waals surface area contributed by atoms with Gasteiger partial charge in [-0.2, -0.15) is 0 Å². The van der Waals surface area contributed by atoms with Crippen LogP contribution in [0.3, 0.4) is 0 Å². The van der Waals surface area contributed by atoms with Crippen LogP contribution in [0.25, 0.3) is 0 Å². The van der Waals surface area contributed by atoms with E-state index in [1.807, 2.05) is 6.07 Å². The van der Waals surface area contributed by atoms with Gasteiger partial charge >= 0.3 is 0 Å². The number of rotatable bonds is 4. The molecule has 104 valence electrons. The Hall–Kier alpha value is -0.570. The lowest BCUT2D eigenvalue weighted by atomic mass is 9.75. The summed E-state index contributed by atoms with van der Waals surface area (Å²) in [6.07, 6.45) is 6.31. The summed E-state index contributed by atoms with van der Waals surface area (Å²) in [6.45, 7) is 1.12. The lowest BCUT2D eigenvalue weighted by Crippen LogP contribution is -2.57. The molecule has 19 heavy (non-hydrogen) atoms. The minimum Gasteiger partial charge on any atom is -0.311 e. The largest absolute Gasteiger partial charge is 0.311 e. The van der Waals surface area contributed by atoms with Gasteiger partial charge < -0.3 is 10.2 Å². The van der Waals surface area contributed by atoms with Gasteiger partial charge in [0.1, 0.15) is 0 Å². The Morgan fingerprint density at radius 3 is 2.63 bits per heavy atom. The Kier molecular flexibility index (Phi) is 3.59. The van der Waals surface area contributed by atoms with E-state index in [0.29, 0.717) is 11.6 Å². The molecule has 3 heteroatoms. The summed E-state index contributed by atoms with van der Waals surface area (Å²) in [5, 5.41) is 4.65. The van der Waals surface area contributed by atoms with E-state index in [0.717, 1.165) is 24.4 Å². The van der Waals surface area contributed by atoms with E-state index in [9.17, 15) is 0 Å². The van der Waals surface area contributed by atoms with Gasteiger partial charge in [-0.3, -0.25) is 0 Å². The Morgan fingerprint density at radius 2 is 2.00 bits per heavy atom. The summed E-state index contributed by atoms with van der Waals surface area (Å²) in [5.74, 6) is 0. The molecule has 1 atom stereocenters. The number of hydrogen-bond donors (Lipinski definition) is 1. The molecule has 0 radical (unpaired) electrons. The molecule has 1 saturated carbocycles. The van der Waals surface area contributed by atoms with Crippen LogP contribution >= 0.6 is 11.6 Å². The molecule has 0 saturated heterocycles. The number of likely N-dealkylation sites (N-methyl/N-ethyl adjacent to an activating group) is 1. The van der Waals surface area contributed by atoms with E-state index >= 15 is 0 Å². The van der Waals surface area contributed by atoms with Gasteiger partial charge in [-0.05, 0) is 69.5 Å². The first-order valence-electron chi connectivity index (χ1n) is 7.27. The van der Waals surface area contributed by atoms with E-state index in [1.54, 1.807) is 0 Å². The smallest absolute Gasteiger partial charge is 0.0408 e.